The molecule has 354 valence electrons. The van der Waals surface area contributed by atoms with Crippen molar-refractivity contribution in [2.24, 2.45) is 0 Å². The van der Waals surface area contributed by atoms with Crippen LogP contribution in [-0.4, -0.2) is 146 Å². The van der Waals surface area contributed by atoms with Crippen LogP contribution in [0.15, 0.2) is 0 Å². The molecular weight excluding hydrogens is 819 g/mol. The number of hydrogen-bond acceptors (Lipinski definition) is 15. The third-order valence-corrected chi connectivity index (χ3v) is 8.73. The van der Waals surface area contributed by atoms with Crippen molar-refractivity contribution in [1.29, 1.82) is 0 Å². The first-order valence-corrected chi connectivity index (χ1v) is 22.3. The first-order valence-electron chi connectivity index (χ1n) is 21.1. The molecule has 0 aromatic rings. The maximum Gasteiger partial charge on any atom is 0.408 e. The van der Waals surface area contributed by atoms with Crippen LogP contribution in [-0.2, 0) is 61.9 Å². The highest BCUT2D eigenvalue weighted by atomic mass is 32.2. The number of nitrogens with one attached hydrogen (secondary N) is 3. The fraction of sp³-hybridized carbons (Fsp3) is 0.833. The van der Waals surface area contributed by atoms with Crippen LogP contribution in [0.1, 0.15) is 127 Å². The van der Waals surface area contributed by atoms with E-state index in [2.05, 4.69) is 16.0 Å². The minimum absolute atomic E-state index is 0.0351. The lowest BCUT2D eigenvalue weighted by Crippen LogP contribution is -2.47. The summed E-state index contributed by atoms with van der Waals surface area (Å²) in [6.07, 6.45) is 4.73. The van der Waals surface area contributed by atoms with Crippen LogP contribution in [0, 0.1) is 0 Å². The summed E-state index contributed by atoms with van der Waals surface area (Å²) in [7, 11) is 0. The van der Waals surface area contributed by atoms with Crippen molar-refractivity contribution in [3.63, 3.8) is 0 Å². The van der Waals surface area contributed by atoms with Crippen molar-refractivity contribution < 1.29 is 71.8 Å². The van der Waals surface area contributed by atoms with Gasteiger partial charge in [-0.3, -0.25) is 19.2 Å². The number of carboxylic acid groups (broad SMARTS) is 1. The Hall–Kier alpha value is -3.52. The van der Waals surface area contributed by atoms with Gasteiger partial charge in [0.2, 0.25) is 11.8 Å². The monoisotopic (exact) mass is 893 g/mol. The van der Waals surface area contributed by atoms with E-state index in [9.17, 15) is 33.6 Å². The zero-order chi connectivity index (χ0) is 46.3. The van der Waals surface area contributed by atoms with Crippen LogP contribution >= 0.6 is 11.8 Å². The Balaban J connectivity index is 3.85. The lowest BCUT2D eigenvalue weighted by Gasteiger charge is -2.26. The maximum absolute atomic E-state index is 12.7. The van der Waals surface area contributed by atoms with Crippen LogP contribution in [0.4, 0.5) is 4.79 Å². The third kappa shape index (κ3) is 37.9. The van der Waals surface area contributed by atoms with Gasteiger partial charge < -0.3 is 54.2 Å². The number of alkyl carbamates (subject to hydrolysis) is 1. The minimum atomic E-state index is -1.11. The van der Waals surface area contributed by atoms with Crippen LogP contribution < -0.4 is 16.0 Å². The second kappa shape index (κ2) is 32.2. The number of unbranched alkanes of at least 4 members (excludes halogenated alkanes) is 4. The standard InChI is InChI=1S/C42H75N3O15S/c1-40(2,3)58-37(51)32(18-19-36(49)50)44-35(48)29-57-26-23-54-21-15-16-31(46)28-56-25-24-55-22-20-43-34(47)17-13-11-10-12-14-27-61-30-33(38(52)59-41(4,5)6)45-39(53)60-42(7,8)9/h32-33H,10-30H2,1-9H3,(H,43,47)(H,44,48)(H,45,53)(H,49,50). The molecule has 0 heterocycles. The molecule has 2 unspecified atom stereocenters. The lowest BCUT2D eigenvalue weighted by molar-refractivity contribution is -0.159. The minimum Gasteiger partial charge on any atom is -0.481 e. The molecule has 0 aromatic heterocycles. The van der Waals surface area contributed by atoms with Gasteiger partial charge in [0, 0.05) is 38.2 Å². The van der Waals surface area contributed by atoms with Gasteiger partial charge in [0.15, 0.2) is 5.78 Å². The summed E-state index contributed by atoms with van der Waals surface area (Å²) in [4.78, 5) is 84.6. The Morgan fingerprint density at radius 2 is 1.08 bits per heavy atom. The molecule has 0 radical (unpaired) electrons. The topological polar surface area (TPSA) is 240 Å². The molecule has 2 atom stereocenters. The average Bonchev–Trinajstić information content (AvgIpc) is 3.11. The Kier molecular flexibility index (Phi) is 30.3. The quantitative estimate of drug-likeness (QED) is 0.0395. The summed E-state index contributed by atoms with van der Waals surface area (Å²) < 4.78 is 37.6. The molecule has 0 saturated heterocycles. The molecule has 0 aliphatic rings. The average molecular weight is 894 g/mol. The van der Waals surface area contributed by atoms with Gasteiger partial charge in [-0.1, -0.05) is 19.3 Å². The van der Waals surface area contributed by atoms with Crippen molar-refractivity contribution in [3.05, 3.63) is 0 Å². The van der Waals surface area contributed by atoms with E-state index >= 15 is 0 Å². The van der Waals surface area contributed by atoms with Crippen molar-refractivity contribution in [1.82, 2.24) is 16.0 Å². The Morgan fingerprint density at radius 3 is 1.69 bits per heavy atom. The molecule has 0 aliphatic carbocycles. The largest absolute Gasteiger partial charge is 0.481 e. The van der Waals surface area contributed by atoms with Gasteiger partial charge >= 0.3 is 24.0 Å². The summed E-state index contributed by atoms with van der Waals surface area (Å²) >= 11 is 1.57. The van der Waals surface area contributed by atoms with E-state index in [1.165, 1.54) is 0 Å². The van der Waals surface area contributed by atoms with Gasteiger partial charge in [0.1, 0.15) is 42.1 Å². The van der Waals surface area contributed by atoms with E-state index in [0.717, 1.165) is 37.9 Å². The molecule has 0 saturated carbocycles. The summed E-state index contributed by atoms with van der Waals surface area (Å²) in [6, 6.07) is -1.92. The normalized spacial score (nSPS) is 12.8. The Labute approximate surface area is 366 Å². The number of carboxylic acids is 1. The number of carbonyl (C=O) groups excluding carboxylic acids is 6. The molecule has 0 spiro atoms. The van der Waals surface area contributed by atoms with Crippen LogP contribution in [0.25, 0.3) is 0 Å². The molecule has 3 amide bonds. The number of ether oxygens (including phenoxy) is 7. The number of amides is 3. The van der Waals surface area contributed by atoms with Crippen molar-refractivity contribution in [2.45, 2.75) is 155 Å². The molecule has 0 bridgehead atoms. The van der Waals surface area contributed by atoms with E-state index in [-0.39, 0.29) is 70.6 Å². The number of carbonyl (C=O) groups is 7. The van der Waals surface area contributed by atoms with Gasteiger partial charge in [-0.25, -0.2) is 14.4 Å². The predicted octanol–water partition coefficient (Wildman–Crippen LogP) is 4.52. The second-order valence-electron chi connectivity index (χ2n) is 17.2. The van der Waals surface area contributed by atoms with E-state index in [4.69, 9.17) is 38.3 Å². The highest BCUT2D eigenvalue weighted by Crippen LogP contribution is 2.16. The van der Waals surface area contributed by atoms with Crippen LogP contribution in [0.3, 0.4) is 0 Å². The molecule has 18 nitrogen and oxygen atoms in total. The van der Waals surface area contributed by atoms with Crippen molar-refractivity contribution in [3.8, 4) is 0 Å². The second-order valence-corrected chi connectivity index (χ2v) is 18.4. The predicted molar refractivity (Wildman–Crippen MR) is 229 cm³/mol. The van der Waals surface area contributed by atoms with Gasteiger partial charge in [-0.2, -0.15) is 11.8 Å². The zero-order valence-corrected chi connectivity index (χ0v) is 38.9. The van der Waals surface area contributed by atoms with Crippen LogP contribution in [0.5, 0.6) is 0 Å². The number of hydrogen-bond donors (Lipinski definition) is 4. The molecule has 19 heteroatoms. The summed E-state index contributed by atoms with van der Waals surface area (Å²) in [6.45, 7) is 17.0. The summed E-state index contributed by atoms with van der Waals surface area (Å²) in [5.74, 6) is -1.83. The summed E-state index contributed by atoms with van der Waals surface area (Å²) in [5.41, 5.74) is -2.15. The lowest BCUT2D eigenvalue weighted by atomic mass is 10.1. The van der Waals surface area contributed by atoms with Crippen LogP contribution in [0.2, 0.25) is 0 Å². The fourth-order valence-corrected chi connectivity index (χ4v) is 5.95. The fourth-order valence-electron chi connectivity index (χ4n) is 4.92. The number of thioether (sulfide) groups is 1. The van der Waals surface area contributed by atoms with Gasteiger partial charge in [0.05, 0.1) is 33.0 Å². The molecular formula is C42H75N3O15S. The van der Waals surface area contributed by atoms with E-state index in [1.54, 1.807) is 74.1 Å². The van der Waals surface area contributed by atoms with E-state index in [0.29, 0.717) is 38.4 Å². The molecule has 0 aromatic carbocycles. The maximum atomic E-state index is 12.7. The number of rotatable bonds is 34. The number of ketones is 1. The van der Waals surface area contributed by atoms with Crippen molar-refractivity contribution in [2.75, 3.05) is 70.9 Å². The molecule has 4 N–H and O–H groups in total. The first kappa shape index (κ1) is 57.5. The van der Waals surface area contributed by atoms with Crippen molar-refractivity contribution >= 4 is 53.4 Å². The molecule has 0 aliphatic heterocycles. The van der Waals surface area contributed by atoms with E-state index in [1.807, 2.05) is 0 Å². The van der Waals surface area contributed by atoms with Gasteiger partial charge in [-0.15, -0.1) is 0 Å². The number of esters is 2. The SMILES string of the molecule is CC(C)(C)OC(=O)NC(CSCCCCCCCC(=O)NCCOCCOCC(=O)CCCOCCOCC(=O)NC(CCC(=O)O)C(=O)OC(C)(C)C)C(=O)OC(C)(C)C. The molecule has 0 fully saturated rings. The smallest absolute Gasteiger partial charge is 0.408 e. The Morgan fingerprint density at radius 1 is 0.541 bits per heavy atom. The first-order chi connectivity index (χ1) is 28.5. The highest BCUT2D eigenvalue weighted by Gasteiger charge is 2.29. The highest BCUT2D eigenvalue weighted by molar-refractivity contribution is 7.99. The zero-order valence-electron chi connectivity index (χ0n) is 38.1. The number of Topliss-reactive ketones (excluding diaryl/α,β-unsaturated/α-hetero) is 1. The summed E-state index contributed by atoms with van der Waals surface area (Å²) in [5, 5.41) is 16.9. The molecule has 61 heavy (non-hydrogen) atoms. The Bertz CT molecular complexity index is 1310. The number of aliphatic carboxylic acids is 1. The molecule has 0 rings (SSSR count). The van der Waals surface area contributed by atoms with E-state index < -0.39 is 58.8 Å². The van der Waals surface area contributed by atoms with Gasteiger partial charge in [-0.05, 0) is 93.7 Å². The van der Waals surface area contributed by atoms with Gasteiger partial charge in [0.25, 0.3) is 0 Å². The third-order valence-electron chi connectivity index (χ3n) is 7.59.